The monoisotopic (exact) mass is 580 g/mol. The van der Waals surface area contributed by atoms with Crippen molar-refractivity contribution in [2.75, 3.05) is 25.0 Å². The van der Waals surface area contributed by atoms with Crippen molar-refractivity contribution in [1.29, 1.82) is 0 Å². The zero-order valence-corrected chi connectivity index (χ0v) is 23.7. The van der Waals surface area contributed by atoms with Crippen molar-refractivity contribution in [3.05, 3.63) is 76.9 Å². The van der Waals surface area contributed by atoms with E-state index in [1.54, 1.807) is 4.90 Å². The Morgan fingerprint density at radius 2 is 1.69 bits per heavy atom. The van der Waals surface area contributed by atoms with Gasteiger partial charge in [0.15, 0.2) is 5.82 Å². The lowest BCUT2D eigenvalue weighted by Gasteiger charge is -2.34. The average Bonchev–Trinajstić information content (AvgIpc) is 3.58. The Morgan fingerprint density at radius 1 is 0.976 bits per heavy atom. The number of carbonyl (C=O) groups excluding carboxylic acids is 2. The van der Waals surface area contributed by atoms with Crippen LogP contribution in [0.2, 0.25) is 0 Å². The molecule has 3 aromatic rings. The summed E-state index contributed by atoms with van der Waals surface area (Å²) >= 11 is 0. The third-order valence-electron chi connectivity index (χ3n) is 9.21. The van der Waals surface area contributed by atoms with Crippen molar-refractivity contribution in [2.24, 2.45) is 5.41 Å². The number of likely N-dealkylation sites (N-methyl/N-ethyl adjacent to an activating group) is 1. The molecule has 2 amide bonds. The van der Waals surface area contributed by atoms with Gasteiger partial charge in [-0.15, -0.1) is 10.2 Å². The first-order valence-corrected chi connectivity index (χ1v) is 14.6. The van der Waals surface area contributed by atoms with Gasteiger partial charge in [0.25, 0.3) is 0 Å². The smallest absolute Gasteiger partial charge is 0.366 e. The number of carbonyl (C=O) groups is 2. The summed E-state index contributed by atoms with van der Waals surface area (Å²) in [6, 6.07) is 16.6. The molecule has 222 valence electrons. The van der Waals surface area contributed by atoms with Crippen LogP contribution < -0.4 is 10.2 Å². The van der Waals surface area contributed by atoms with E-state index < -0.39 is 17.4 Å². The molecule has 11 heteroatoms. The van der Waals surface area contributed by atoms with E-state index in [0.29, 0.717) is 6.54 Å². The number of alkyl halides is 3. The summed E-state index contributed by atoms with van der Waals surface area (Å²) in [6.45, 7) is 0.577. The molecule has 1 aliphatic carbocycles. The Labute approximate surface area is 242 Å². The van der Waals surface area contributed by atoms with Crippen LogP contribution >= 0.6 is 0 Å². The molecule has 1 aromatic heterocycles. The van der Waals surface area contributed by atoms with Crippen LogP contribution in [0.15, 0.2) is 48.5 Å². The number of hydrogen-bond acceptors (Lipinski definition) is 5. The molecule has 1 N–H and O–H groups in total. The first-order valence-electron chi connectivity index (χ1n) is 14.6. The van der Waals surface area contributed by atoms with Gasteiger partial charge in [-0.3, -0.25) is 9.59 Å². The van der Waals surface area contributed by atoms with E-state index in [9.17, 15) is 22.8 Å². The fourth-order valence-electron chi connectivity index (χ4n) is 7.02. The predicted octanol–water partition coefficient (Wildman–Crippen LogP) is 4.88. The fraction of sp³-hybridized carbons (Fsp3) is 0.484. The highest BCUT2D eigenvalue weighted by Gasteiger charge is 2.42. The highest BCUT2D eigenvalue weighted by atomic mass is 19.4. The molecule has 0 radical (unpaired) electrons. The second kappa shape index (κ2) is 11.1. The first kappa shape index (κ1) is 28.2. The lowest BCUT2D eigenvalue weighted by molar-refractivity contribution is -0.148. The molecular formula is C31H35F3N6O2. The molecule has 42 heavy (non-hydrogen) atoms. The number of rotatable bonds is 6. The number of para-hydroxylation sites is 1. The van der Waals surface area contributed by atoms with Gasteiger partial charge in [0.05, 0.1) is 12.6 Å². The second-order valence-electron chi connectivity index (χ2n) is 11.9. The minimum absolute atomic E-state index is 0.00406. The van der Waals surface area contributed by atoms with E-state index in [1.807, 2.05) is 24.3 Å². The number of amides is 2. The standard InChI is InChI=1S/C31H35F3N6O2/c1-38-24-11-5-3-9-22(24)16-21-8-2-4-10-23(21)25(38)19-35-27(41)17-30(12-6-7-13-30)18-28(42)39-14-15-40-26(20-39)36-37-29(40)31(32,33)34/h2-5,8-11,25H,6-7,12-20H2,1H3,(H,35,41). The lowest BCUT2D eigenvalue weighted by atomic mass is 9.78. The van der Waals surface area contributed by atoms with Gasteiger partial charge in [0.1, 0.15) is 0 Å². The molecule has 0 spiro atoms. The topological polar surface area (TPSA) is 83.4 Å². The molecule has 1 fully saturated rings. The number of benzene rings is 2. The van der Waals surface area contributed by atoms with Gasteiger partial charge in [-0.05, 0) is 47.4 Å². The Hall–Kier alpha value is -3.89. The highest BCUT2D eigenvalue weighted by Crippen LogP contribution is 2.45. The summed E-state index contributed by atoms with van der Waals surface area (Å²) < 4.78 is 40.7. The SMILES string of the molecule is CN1c2ccccc2Cc2ccccc2C1CNC(=O)CC1(CC(=O)N2CCn3c(nnc3C(F)(F)F)C2)CCCC1. The van der Waals surface area contributed by atoms with Crippen LogP contribution in [-0.4, -0.2) is 51.6 Å². The minimum atomic E-state index is -4.59. The Bertz CT molecular complexity index is 1480. The van der Waals surface area contributed by atoms with E-state index in [0.717, 1.165) is 42.4 Å². The van der Waals surface area contributed by atoms with E-state index in [-0.39, 0.29) is 56.2 Å². The van der Waals surface area contributed by atoms with Gasteiger partial charge in [-0.2, -0.15) is 13.2 Å². The third-order valence-corrected chi connectivity index (χ3v) is 9.21. The molecule has 3 heterocycles. The lowest BCUT2D eigenvalue weighted by Crippen LogP contribution is -2.42. The molecule has 6 rings (SSSR count). The van der Waals surface area contributed by atoms with E-state index >= 15 is 0 Å². The van der Waals surface area contributed by atoms with Gasteiger partial charge >= 0.3 is 6.18 Å². The molecule has 1 unspecified atom stereocenters. The summed E-state index contributed by atoms with van der Waals surface area (Å²) in [5.74, 6) is -1.13. The third kappa shape index (κ3) is 5.48. The molecule has 1 atom stereocenters. The van der Waals surface area contributed by atoms with Gasteiger partial charge in [0.2, 0.25) is 17.6 Å². The van der Waals surface area contributed by atoms with Crippen molar-refractivity contribution in [2.45, 2.75) is 70.3 Å². The zero-order valence-electron chi connectivity index (χ0n) is 23.7. The quantitative estimate of drug-likeness (QED) is 0.450. The van der Waals surface area contributed by atoms with E-state index in [2.05, 4.69) is 51.7 Å². The number of aromatic nitrogens is 3. The number of hydrogen-bond donors (Lipinski definition) is 1. The molecule has 8 nitrogen and oxygen atoms in total. The van der Waals surface area contributed by atoms with E-state index in [4.69, 9.17) is 0 Å². The number of anilines is 1. The van der Waals surface area contributed by atoms with Crippen LogP contribution in [-0.2, 0) is 35.3 Å². The van der Waals surface area contributed by atoms with Crippen molar-refractivity contribution < 1.29 is 22.8 Å². The molecule has 2 aliphatic heterocycles. The summed E-state index contributed by atoms with van der Waals surface area (Å²) in [5.41, 5.74) is 4.37. The van der Waals surface area contributed by atoms with Crippen molar-refractivity contribution >= 4 is 17.5 Å². The van der Waals surface area contributed by atoms with Crippen LogP contribution in [0.5, 0.6) is 0 Å². The number of nitrogens with zero attached hydrogens (tertiary/aromatic N) is 5. The number of halogens is 3. The van der Waals surface area contributed by atoms with Crippen molar-refractivity contribution in [3.8, 4) is 0 Å². The normalized spacial score (nSPS) is 19.5. The Balaban J connectivity index is 1.12. The molecule has 0 bridgehead atoms. The summed E-state index contributed by atoms with van der Waals surface area (Å²) in [4.78, 5) is 30.6. The van der Waals surface area contributed by atoms with Gasteiger partial charge in [-0.1, -0.05) is 55.3 Å². The second-order valence-corrected chi connectivity index (χ2v) is 11.9. The molecule has 3 aliphatic rings. The fourth-order valence-corrected chi connectivity index (χ4v) is 7.02. The van der Waals surface area contributed by atoms with Crippen LogP contribution in [0.1, 0.15) is 72.9 Å². The molecule has 2 aromatic carbocycles. The van der Waals surface area contributed by atoms with Gasteiger partial charge < -0.3 is 19.7 Å². The van der Waals surface area contributed by atoms with Crippen LogP contribution in [0.25, 0.3) is 0 Å². The maximum atomic E-state index is 13.4. The molecular weight excluding hydrogens is 545 g/mol. The predicted molar refractivity (Wildman–Crippen MR) is 150 cm³/mol. The van der Waals surface area contributed by atoms with E-state index in [1.165, 1.54) is 16.7 Å². The Morgan fingerprint density at radius 3 is 2.45 bits per heavy atom. The maximum absolute atomic E-state index is 13.4. The van der Waals surface area contributed by atoms with Crippen LogP contribution in [0.3, 0.4) is 0 Å². The van der Waals surface area contributed by atoms with Crippen LogP contribution in [0.4, 0.5) is 18.9 Å². The minimum Gasteiger partial charge on any atom is -0.366 e. The van der Waals surface area contributed by atoms with Crippen molar-refractivity contribution in [3.63, 3.8) is 0 Å². The largest absolute Gasteiger partial charge is 0.451 e. The summed E-state index contributed by atoms with van der Waals surface area (Å²) in [6.07, 6.45) is 0.114. The number of fused-ring (bicyclic) bond motifs is 3. The molecule has 1 saturated carbocycles. The highest BCUT2D eigenvalue weighted by molar-refractivity contribution is 5.80. The van der Waals surface area contributed by atoms with Crippen LogP contribution in [0, 0.1) is 5.41 Å². The first-order chi connectivity index (χ1) is 20.1. The van der Waals surface area contributed by atoms with Gasteiger partial charge in [0, 0.05) is 45.2 Å². The molecule has 0 saturated heterocycles. The van der Waals surface area contributed by atoms with Crippen molar-refractivity contribution in [1.82, 2.24) is 25.0 Å². The summed E-state index contributed by atoms with van der Waals surface area (Å²) in [5, 5.41) is 10.2. The zero-order chi connectivity index (χ0) is 29.5. The maximum Gasteiger partial charge on any atom is 0.451 e. The van der Waals surface area contributed by atoms with Gasteiger partial charge in [-0.25, -0.2) is 0 Å². The summed E-state index contributed by atoms with van der Waals surface area (Å²) in [7, 11) is 2.06. The Kier molecular flexibility index (Phi) is 7.44. The number of nitrogens with one attached hydrogen (secondary N) is 1. The average molecular weight is 581 g/mol.